The molecule has 1 unspecified atom stereocenters. The normalized spacial score (nSPS) is 12.4. The van der Waals surface area contributed by atoms with Crippen molar-refractivity contribution in [2.75, 3.05) is 5.32 Å². The van der Waals surface area contributed by atoms with Gasteiger partial charge in [-0.3, -0.25) is 4.68 Å². The van der Waals surface area contributed by atoms with Crippen LogP contribution in [0.1, 0.15) is 35.4 Å². The second-order valence-corrected chi connectivity index (χ2v) is 7.29. The number of hydrogen-bond acceptors (Lipinski definition) is 5. The SMILES string of the molecule is CCCc1ccc(C(Nc2ncnc3c2cnn3C)c2cccs2)cc1. The summed E-state index contributed by atoms with van der Waals surface area (Å²) in [5.41, 5.74) is 3.42. The van der Waals surface area contributed by atoms with Crippen LogP contribution in [0.4, 0.5) is 5.82 Å². The molecule has 0 fully saturated rings. The van der Waals surface area contributed by atoms with E-state index in [4.69, 9.17) is 0 Å². The fourth-order valence-electron chi connectivity index (χ4n) is 3.15. The minimum absolute atomic E-state index is 0.0454. The van der Waals surface area contributed by atoms with Crippen LogP contribution in [0.2, 0.25) is 0 Å². The average Bonchev–Trinajstić information content (AvgIpc) is 3.32. The van der Waals surface area contributed by atoms with Crippen LogP contribution in [0.3, 0.4) is 0 Å². The molecule has 1 N–H and O–H groups in total. The molecule has 0 bridgehead atoms. The first-order valence-corrected chi connectivity index (χ1v) is 9.65. The molecule has 1 aromatic carbocycles. The first-order chi connectivity index (χ1) is 12.8. The van der Waals surface area contributed by atoms with Crippen molar-refractivity contribution < 1.29 is 0 Å². The first-order valence-electron chi connectivity index (χ1n) is 8.77. The lowest BCUT2D eigenvalue weighted by Crippen LogP contribution is -2.12. The van der Waals surface area contributed by atoms with Gasteiger partial charge >= 0.3 is 0 Å². The van der Waals surface area contributed by atoms with Crippen LogP contribution < -0.4 is 5.32 Å². The molecule has 3 aromatic heterocycles. The number of aryl methyl sites for hydroxylation is 2. The summed E-state index contributed by atoms with van der Waals surface area (Å²) in [6, 6.07) is 13.2. The summed E-state index contributed by atoms with van der Waals surface area (Å²) < 4.78 is 1.77. The Hall–Kier alpha value is -2.73. The minimum atomic E-state index is 0.0454. The van der Waals surface area contributed by atoms with E-state index in [-0.39, 0.29) is 6.04 Å². The molecular formula is C20H21N5S. The smallest absolute Gasteiger partial charge is 0.163 e. The Morgan fingerprint density at radius 1 is 1.15 bits per heavy atom. The number of aromatic nitrogens is 4. The van der Waals surface area contributed by atoms with Crippen molar-refractivity contribution in [2.24, 2.45) is 7.05 Å². The predicted octanol–water partition coefficient (Wildman–Crippen LogP) is 4.58. The molecule has 0 amide bonds. The van der Waals surface area contributed by atoms with Crippen LogP contribution >= 0.6 is 11.3 Å². The Morgan fingerprint density at radius 3 is 2.73 bits per heavy atom. The molecule has 6 heteroatoms. The topological polar surface area (TPSA) is 55.6 Å². The Bertz CT molecular complexity index is 989. The van der Waals surface area contributed by atoms with Crippen molar-refractivity contribution >= 4 is 28.2 Å². The number of nitrogens with one attached hydrogen (secondary N) is 1. The molecule has 0 saturated heterocycles. The number of fused-ring (bicyclic) bond motifs is 1. The lowest BCUT2D eigenvalue weighted by Gasteiger charge is -2.19. The van der Waals surface area contributed by atoms with Gasteiger partial charge in [-0.2, -0.15) is 5.10 Å². The number of thiophene rings is 1. The molecule has 0 saturated carbocycles. The monoisotopic (exact) mass is 363 g/mol. The first kappa shape index (κ1) is 16.7. The van der Waals surface area contributed by atoms with Gasteiger partial charge in [-0.15, -0.1) is 11.3 Å². The van der Waals surface area contributed by atoms with Gasteiger partial charge in [0.15, 0.2) is 5.65 Å². The zero-order valence-electron chi connectivity index (χ0n) is 14.9. The zero-order chi connectivity index (χ0) is 17.9. The summed E-state index contributed by atoms with van der Waals surface area (Å²) in [6.45, 7) is 2.21. The molecule has 5 nitrogen and oxygen atoms in total. The van der Waals surface area contributed by atoms with Gasteiger partial charge in [-0.05, 0) is 29.0 Å². The summed E-state index contributed by atoms with van der Waals surface area (Å²) in [6.07, 6.45) is 5.67. The predicted molar refractivity (Wildman–Crippen MR) is 107 cm³/mol. The van der Waals surface area contributed by atoms with E-state index in [2.05, 4.69) is 69.1 Å². The molecule has 3 heterocycles. The third kappa shape index (κ3) is 3.20. The third-order valence-corrected chi connectivity index (χ3v) is 5.43. The van der Waals surface area contributed by atoms with E-state index in [1.54, 1.807) is 22.3 Å². The number of nitrogens with zero attached hydrogens (tertiary/aromatic N) is 4. The van der Waals surface area contributed by atoms with Gasteiger partial charge in [-0.1, -0.05) is 43.7 Å². The van der Waals surface area contributed by atoms with Crippen LogP contribution in [-0.4, -0.2) is 19.7 Å². The molecule has 0 aliphatic rings. The van der Waals surface area contributed by atoms with Crippen LogP contribution in [0.5, 0.6) is 0 Å². The third-order valence-electron chi connectivity index (χ3n) is 4.49. The van der Waals surface area contributed by atoms with E-state index < -0.39 is 0 Å². The molecule has 0 spiro atoms. The van der Waals surface area contributed by atoms with Crippen molar-refractivity contribution in [3.8, 4) is 0 Å². The van der Waals surface area contributed by atoms with E-state index in [0.717, 1.165) is 29.7 Å². The van der Waals surface area contributed by atoms with Gasteiger partial charge in [0.2, 0.25) is 0 Å². The molecule has 0 radical (unpaired) electrons. The van der Waals surface area contributed by atoms with E-state index in [1.165, 1.54) is 16.0 Å². The van der Waals surface area contributed by atoms with E-state index in [9.17, 15) is 0 Å². The molecular weight excluding hydrogens is 342 g/mol. The zero-order valence-corrected chi connectivity index (χ0v) is 15.7. The Labute approximate surface area is 156 Å². The second kappa shape index (κ2) is 7.25. The second-order valence-electron chi connectivity index (χ2n) is 6.31. The lowest BCUT2D eigenvalue weighted by atomic mass is 10.0. The van der Waals surface area contributed by atoms with Gasteiger partial charge in [-0.25, -0.2) is 9.97 Å². The maximum atomic E-state index is 4.47. The van der Waals surface area contributed by atoms with Gasteiger partial charge in [0.05, 0.1) is 17.6 Å². The standard InChI is InChI=1S/C20H21N5S/c1-3-5-14-7-9-15(10-8-14)18(17-6-4-11-26-17)24-19-16-12-23-25(2)20(16)22-13-21-19/h4,6-13,18H,3,5H2,1-2H3,(H,21,22,24). The molecule has 4 rings (SSSR count). The molecule has 1 atom stereocenters. The van der Waals surface area contributed by atoms with Gasteiger partial charge in [0.1, 0.15) is 12.1 Å². The van der Waals surface area contributed by atoms with Crippen LogP contribution in [-0.2, 0) is 13.5 Å². The summed E-state index contributed by atoms with van der Waals surface area (Å²) in [5.74, 6) is 0.805. The van der Waals surface area contributed by atoms with Gasteiger partial charge in [0, 0.05) is 11.9 Å². The molecule has 26 heavy (non-hydrogen) atoms. The Balaban J connectivity index is 1.72. The van der Waals surface area contributed by atoms with Crippen molar-refractivity contribution in [3.63, 3.8) is 0 Å². The van der Waals surface area contributed by atoms with Crippen molar-refractivity contribution in [1.82, 2.24) is 19.7 Å². The van der Waals surface area contributed by atoms with Gasteiger partial charge in [0.25, 0.3) is 0 Å². The number of hydrogen-bond donors (Lipinski definition) is 1. The van der Waals surface area contributed by atoms with Crippen LogP contribution in [0.25, 0.3) is 11.0 Å². The summed E-state index contributed by atoms with van der Waals surface area (Å²) in [7, 11) is 1.89. The highest BCUT2D eigenvalue weighted by Crippen LogP contribution is 2.31. The van der Waals surface area contributed by atoms with E-state index in [0.29, 0.717) is 0 Å². The summed E-state index contributed by atoms with van der Waals surface area (Å²) >= 11 is 1.74. The Kier molecular flexibility index (Phi) is 4.67. The highest BCUT2D eigenvalue weighted by molar-refractivity contribution is 7.10. The Morgan fingerprint density at radius 2 is 2.00 bits per heavy atom. The van der Waals surface area contributed by atoms with E-state index >= 15 is 0 Å². The maximum absolute atomic E-state index is 4.47. The molecule has 132 valence electrons. The number of anilines is 1. The maximum Gasteiger partial charge on any atom is 0.163 e. The number of rotatable bonds is 6. The van der Waals surface area contributed by atoms with E-state index in [1.807, 2.05) is 13.2 Å². The quantitative estimate of drug-likeness (QED) is 0.545. The highest BCUT2D eigenvalue weighted by Gasteiger charge is 2.18. The van der Waals surface area contributed by atoms with Crippen molar-refractivity contribution in [3.05, 3.63) is 70.3 Å². The number of benzene rings is 1. The molecule has 0 aliphatic carbocycles. The van der Waals surface area contributed by atoms with Crippen LogP contribution in [0.15, 0.2) is 54.3 Å². The fourth-order valence-corrected chi connectivity index (χ4v) is 3.96. The molecule has 4 aromatic rings. The van der Waals surface area contributed by atoms with Crippen molar-refractivity contribution in [1.29, 1.82) is 0 Å². The average molecular weight is 363 g/mol. The minimum Gasteiger partial charge on any atom is -0.358 e. The fraction of sp³-hybridized carbons (Fsp3) is 0.250. The summed E-state index contributed by atoms with van der Waals surface area (Å²) in [4.78, 5) is 10.1. The van der Waals surface area contributed by atoms with Crippen LogP contribution in [0, 0.1) is 0 Å². The highest BCUT2D eigenvalue weighted by atomic mass is 32.1. The van der Waals surface area contributed by atoms with Crippen molar-refractivity contribution in [2.45, 2.75) is 25.8 Å². The largest absolute Gasteiger partial charge is 0.358 e. The summed E-state index contributed by atoms with van der Waals surface area (Å²) in [5, 5.41) is 11.0. The van der Waals surface area contributed by atoms with Gasteiger partial charge < -0.3 is 5.32 Å². The lowest BCUT2D eigenvalue weighted by molar-refractivity contribution is 0.785. The molecule has 0 aliphatic heterocycles.